The van der Waals surface area contributed by atoms with Crippen molar-refractivity contribution in [2.45, 2.75) is 46.6 Å². The molecule has 16 heavy (non-hydrogen) atoms. The van der Waals surface area contributed by atoms with Crippen LogP contribution in [-0.4, -0.2) is 16.5 Å². The Morgan fingerprint density at radius 3 is 2.62 bits per heavy atom. The van der Waals surface area contributed by atoms with Crippen LogP contribution in [0.25, 0.3) is 0 Å². The predicted octanol–water partition coefficient (Wildman–Crippen LogP) is 2.95. The number of aromatic nitrogens is 2. The van der Waals surface area contributed by atoms with Crippen LogP contribution in [0.2, 0.25) is 0 Å². The Bertz CT molecular complexity index is 290. The van der Waals surface area contributed by atoms with Crippen molar-refractivity contribution >= 4 is 0 Å². The number of hydrogen-bond acceptors (Lipinski definition) is 3. The summed E-state index contributed by atoms with van der Waals surface area (Å²) in [6.45, 7) is 9.99. The average Bonchev–Trinajstić information content (AvgIpc) is 2.24. The van der Waals surface area contributed by atoms with E-state index in [0.29, 0.717) is 5.41 Å². The quantitative estimate of drug-likeness (QED) is 0.777. The van der Waals surface area contributed by atoms with E-state index in [1.807, 2.05) is 6.20 Å². The van der Waals surface area contributed by atoms with E-state index >= 15 is 0 Å². The maximum atomic E-state index is 4.28. The van der Waals surface area contributed by atoms with Crippen molar-refractivity contribution < 1.29 is 0 Å². The Kier molecular flexibility index (Phi) is 4.87. The first-order valence-electron chi connectivity index (χ1n) is 5.98. The lowest BCUT2D eigenvalue weighted by Gasteiger charge is -2.19. The highest BCUT2D eigenvalue weighted by atomic mass is 14.9. The van der Waals surface area contributed by atoms with Crippen LogP contribution in [-0.2, 0) is 0 Å². The Morgan fingerprint density at radius 1 is 1.31 bits per heavy atom. The summed E-state index contributed by atoms with van der Waals surface area (Å²) in [4.78, 5) is 8.35. The van der Waals surface area contributed by atoms with E-state index < -0.39 is 0 Å². The monoisotopic (exact) mass is 221 g/mol. The zero-order chi connectivity index (χ0) is 12.0. The van der Waals surface area contributed by atoms with Crippen LogP contribution in [0.4, 0.5) is 0 Å². The second kappa shape index (κ2) is 5.94. The molecule has 0 fully saturated rings. The van der Waals surface area contributed by atoms with E-state index in [-0.39, 0.29) is 6.04 Å². The molecule has 90 valence electrons. The van der Waals surface area contributed by atoms with Gasteiger partial charge >= 0.3 is 0 Å². The third-order valence-electron chi connectivity index (χ3n) is 2.58. The lowest BCUT2D eigenvalue weighted by atomic mass is 9.90. The summed E-state index contributed by atoms with van der Waals surface area (Å²) in [7, 11) is 0. The molecule has 0 aliphatic carbocycles. The standard InChI is InChI=1S/C13H23N3/c1-11(12-10-14-8-9-16-12)15-7-5-6-13(2,3)4/h8-11,15H,5-7H2,1-4H3. The fourth-order valence-electron chi connectivity index (χ4n) is 1.58. The van der Waals surface area contributed by atoms with E-state index in [1.54, 1.807) is 12.4 Å². The number of nitrogens with one attached hydrogen (secondary N) is 1. The Morgan fingerprint density at radius 2 is 2.06 bits per heavy atom. The highest BCUT2D eigenvalue weighted by molar-refractivity contribution is 5.00. The van der Waals surface area contributed by atoms with Crippen molar-refractivity contribution in [2.75, 3.05) is 6.54 Å². The molecular weight excluding hydrogens is 198 g/mol. The fourth-order valence-corrected chi connectivity index (χ4v) is 1.58. The minimum absolute atomic E-state index is 0.286. The summed E-state index contributed by atoms with van der Waals surface area (Å²) in [5, 5.41) is 3.47. The normalized spacial score (nSPS) is 13.8. The molecular formula is C13H23N3. The topological polar surface area (TPSA) is 37.8 Å². The highest BCUT2D eigenvalue weighted by Crippen LogP contribution is 2.20. The summed E-state index contributed by atoms with van der Waals surface area (Å²) >= 11 is 0. The van der Waals surface area contributed by atoms with Gasteiger partial charge in [-0.25, -0.2) is 0 Å². The molecule has 0 radical (unpaired) electrons. The summed E-state index contributed by atoms with van der Waals surface area (Å²) in [5.74, 6) is 0. The van der Waals surface area contributed by atoms with Gasteiger partial charge in [0.25, 0.3) is 0 Å². The number of hydrogen-bond donors (Lipinski definition) is 1. The van der Waals surface area contributed by atoms with E-state index in [0.717, 1.165) is 12.2 Å². The molecule has 1 rings (SSSR count). The first-order valence-corrected chi connectivity index (χ1v) is 5.98. The Hall–Kier alpha value is -0.960. The lowest BCUT2D eigenvalue weighted by molar-refractivity contribution is 0.356. The molecule has 0 bridgehead atoms. The zero-order valence-corrected chi connectivity index (χ0v) is 10.8. The van der Waals surface area contributed by atoms with Gasteiger partial charge in [-0.3, -0.25) is 9.97 Å². The van der Waals surface area contributed by atoms with Gasteiger partial charge in [-0.1, -0.05) is 20.8 Å². The number of nitrogens with zero attached hydrogens (tertiary/aromatic N) is 2. The SMILES string of the molecule is CC(NCCCC(C)(C)C)c1cnccn1. The van der Waals surface area contributed by atoms with Crippen LogP contribution in [0.1, 0.15) is 52.3 Å². The Balaban J connectivity index is 2.24. The van der Waals surface area contributed by atoms with E-state index in [4.69, 9.17) is 0 Å². The fraction of sp³-hybridized carbons (Fsp3) is 0.692. The molecule has 3 nitrogen and oxygen atoms in total. The molecule has 1 heterocycles. The van der Waals surface area contributed by atoms with Crippen molar-refractivity contribution in [1.29, 1.82) is 0 Å². The van der Waals surface area contributed by atoms with Gasteiger partial charge in [0.1, 0.15) is 0 Å². The highest BCUT2D eigenvalue weighted by Gasteiger charge is 2.10. The third-order valence-corrected chi connectivity index (χ3v) is 2.58. The minimum atomic E-state index is 0.286. The van der Waals surface area contributed by atoms with Gasteiger partial charge in [0.15, 0.2) is 0 Å². The van der Waals surface area contributed by atoms with Gasteiger partial charge < -0.3 is 5.32 Å². The van der Waals surface area contributed by atoms with Gasteiger partial charge in [-0.2, -0.15) is 0 Å². The third kappa shape index (κ3) is 5.21. The second-order valence-corrected chi connectivity index (χ2v) is 5.47. The van der Waals surface area contributed by atoms with E-state index in [1.165, 1.54) is 12.8 Å². The molecule has 0 amide bonds. The smallest absolute Gasteiger partial charge is 0.0753 e. The maximum Gasteiger partial charge on any atom is 0.0753 e. The first kappa shape index (κ1) is 13.1. The molecule has 1 N–H and O–H groups in total. The molecule has 0 saturated carbocycles. The zero-order valence-electron chi connectivity index (χ0n) is 10.8. The van der Waals surface area contributed by atoms with Crippen LogP contribution in [0.3, 0.4) is 0 Å². The lowest BCUT2D eigenvalue weighted by Crippen LogP contribution is -2.22. The molecule has 1 aromatic heterocycles. The molecule has 0 spiro atoms. The van der Waals surface area contributed by atoms with Gasteiger partial charge in [0, 0.05) is 24.6 Å². The summed E-state index contributed by atoms with van der Waals surface area (Å²) in [6, 6.07) is 0.286. The molecule has 0 aliphatic heterocycles. The van der Waals surface area contributed by atoms with Crippen molar-refractivity contribution in [3.8, 4) is 0 Å². The van der Waals surface area contributed by atoms with Gasteiger partial charge in [0.2, 0.25) is 0 Å². The first-order chi connectivity index (χ1) is 7.49. The summed E-state index contributed by atoms with van der Waals surface area (Å²) in [6.07, 6.45) is 7.71. The largest absolute Gasteiger partial charge is 0.309 e. The second-order valence-electron chi connectivity index (χ2n) is 5.47. The predicted molar refractivity (Wildman–Crippen MR) is 67.1 cm³/mol. The van der Waals surface area contributed by atoms with Crippen LogP contribution in [0, 0.1) is 5.41 Å². The van der Waals surface area contributed by atoms with Crippen molar-refractivity contribution in [1.82, 2.24) is 15.3 Å². The molecule has 3 heteroatoms. The van der Waals surface area contributed by atoms with Gasteiger partial charge in [-0.05, 0) is 31.7 Å². The van der Waals surface area contributed by atoms with Crippen molar-refractivity contribution in [2.24, 2.45) is 5.41 Å². The minimum Gasteiger partial charge on any atom is -0.309 e. The molecule has 1 unspecified atom stereocenters. The molecule has 1 aromatic rings. The van der Waals surface area contributed by atoms with E-state index in [9.17, 15) is 0 Å². The maximum absolute atomic E-state index is 4.28. The van der Waals surface area contributed by atoms with Gasteiger partial charge in [0.05, 0.1) is 5.69 Å². The van der Waals surface area contributed by atoms with Crippen molar-refractivity contribution in [3.05, 3.63) is 24.3 Å². The Labute approximate surface area is 98.7 Å². The summed E-state index contributed by atoms with van der Waals surface area (Å²) < 4.78 is 0. The van der Waals surface area contributed by atoms with Crippen LogP contribution >= 0.6 is 0 Å². The van der Waals surface area contributed by atoms with Crippen molar-refractivity contribution in [3.63, 3.8) is 0 Å². The number of rotatable bonds is 5. The van der Waals surface area contributed by atoms with E-state index in [2.05, 4.69) is 43.0 Å². The van der Waals surface area contributed by atoms with Crippen LogP contribution < -0.4 is 5.32 Å². The molecule has 0 aromatic carbocycles. The molecule has 0 saturated heterocycles. The molecule has 0 aliphatic rings. The van der Waals surface area contributed by atoms with Gasteiger partial charge in [-0.15, -0.1) is 0 Å². The average molecular weight is 221 g/mol. The van der Waals surface area contributed by atoms with Crippen LogP contribution in [0.15, 0.2) is 18.6 Å². The van der Waals surface area contributed by atoms with Crippen LogP contribution in [0.5, 0.6) is 0 Å². The molecule has 1 atom stereocenters. The summed E-state index contributed by atoms with van der Waals surface area (Å²) in [5.41, 5.74) is 1.44.